The molecule has 5 rings (SSSR count). The zero-order valence-electron chi connectivity index (χ0n) is 27.9. The van der Waals surface area contributed by atoms with Crippen LogP contribution >= 0.6 is 0 Å². The maximum Gasteiger partial charge on any atom is 0.139 e. The fourth-order valence-electron chi connectivity index (χ4n) is 10.4. The minimum Gasteiger partial charge on any atom is -0.392 e. The molecule has 0 aromatic rings. The molecule has 11 atom stereocenters. The van der Waals surface area contributed by atoms with Crippen molar-refractivity contribution in [3.8, 4) is 0 Å². The highest BCUT2D eigenvalue weighted by Gasteiger charge is 2.53. The molecule has 1 heterocycles. The Hall–Kier alpha value is -0.650. The van der Waals surface area contributed by atoms with Gasteiger partial charge in [-0.25, -0.2) is 0 Å². The van der Waals surface area contributed by atoms with E-state index in [0.717, 1.165) is 96.4 Å². The first-order valence-corrected chi connectivity index (χ1v) is 18.7. The summed E-state index contributed by atoms with van der Waals surface area (Å²) in [6, 6.07) is 0. The molecule has 9 heteroatoms. The Morgan fingerprint density at radius 2 is 1.60 bits per heavy atom. The lowest BCUT2D eigenvalue weighted by atomic mass is 9.58. The second kappa shape index (κ2) is 16.6. The number of aliphatic hydroxyl groups is 4. The summed E-state index contributed by atoms with van der Waals surface area (Å²) in [5.74, 6) is 0.585. The number of aliphatic hydroxyl groups excluding tert-OH is 4. The van der Waals surface area contributed by atoms with Crippen LogP contribution in [0.5, 0.6) is 0 Å². The molecule has 1 saturated heterocycles. The van der Waals surface area contributed by atoms with Gasteiger partial charge in [-0.2, -0.15) is 0 Å². The van der Waals surface area contributed by atoms with E-state index in [1.807, 2.05) is 0 Å². The topological polar surface area (TPSA) is 159 Å². The van der Waals surface area contributed by atoms with E-state index in [1.54, 1.807) is 7.11 Å². The van der Waals surface area contributed by atoms with Crippen molar-refractivity contribution in [2.75, 3.05) is 13.7 Å². The van der Waals surface area contributed by atoms with E-state index in [1.165, 1.54) is 6.42 Å². The third kappa shape index (κ3) is 8.88. The fourth-order valence-corrected chi connectivity index (χ4v) is 10.4. The molecule has 9 unspecified atom stereocenters. The maximum atomic E-state index is 14.5. The molecular formula is C36H65N2O7+. The van der Waals surface area contributed by atoms with Gasteiger partial charge < -0.3 is 35.2 Å². The van der Waals surface area contributed by atoms with E-state index in [-0.39, 0.29) is 41.6 Å². The van der Waals surface area contributed by atoms with Crippen molar-refractivity contribution in [2.24, 2.45) is 34.8 Å². The number of Topliss-reactive ketones (excluding diaryl/α,β-unsaturated/α-hetero) is 1. The maximum absolute atomic E-state index is 14.5. The molecule has 0 spiro atoms. The Bertz CT molecular complexity index is 910. The van der Waals surface area contributed by atoms with Crippen molar-refractivity contribution < 1.29 is 40.0 Å². The highest BCUT2D eigenvalue weighted by atomic mass is 16.5. The quantitative estimate of drug-likeness (QED) is 0.180. The average molecular weight is 638 g/mol. The van der Waals surface area contributed by atoms with Crippen LogP contribution in [0.25, 0.3) is 0 Å². The molecule has 0 radical (unpaired) electrons. The predicted octanol–water partition coefficient (Wildman–Crippen LogP) is 2.94. The standard InChI is InChI=1S/C36H64N2O7/c1-44-31-20-23(9-12-27(31)39)10-13-28(40)34(36(16-5-6-17-36)25-15-18-38-33(37)22-25)29(41)14-11-24-19-30(42)35(43)32(21-24)45-26-7-3-2-4-8-26/h23-28,30-35,38-40,42-43H,2-22,37H2,1H3/p+1/t23?,24?,25?,27?,28-,30?,31?,32?,33?,34-,35?/m1/s1. The number of hydrogen-bond donors (Lipinski definition) is 6. The van der Waals surface area contributed by atoms with Crippen molar-refractivity contribution >= 4 is 5.78 Å². The lowest BCUT2D eigenvalue weighted by Gasteiger charge is -2.47. The molecule has 9 nitrogen and oxygen atoms in total. The normalized spacial score (nSPS) is 39.4. The van der Waals surface area contributed by atoms with Crippen molar-refractivity contribution in [1.29, 1.82) is 0 Å². The van der Waals surface area contributed by atoms with Gasteiger partial charge >= 0.3 is 0 Å². The summed E-state index contributed by atoms with van der Waals surface area (Å²) in [5, 5.41) is 46.1. The number of piperidine rings is 1. The first-order chi connectivity index (χ1) is 21.7. The van der Waals surface area contributed by atoms with Crippen LogP contribution in [0.4, 0.5) is 0 Å². The second-order valence-corrected chi connectivity index (χ2v) is 15.8. The third-order valence-electron chi connectivity index (χ3n) is 12.9. The van der Waals surface area contributed by atoms with Crippen LogP contribution in [0, 0.1) is 29.1 Å². The molecule has 0 amide bonds. The molecule has 0 bridgehead atoms. The Balaban J connectivity index is 1.27. The number of ketones is 1. The summed E-state index contributed by atoms with van der Waals surface area (Å²) in [4.78, 5) is 14.5. The van der Waals surface area contributed by atoms with Crippen molar-refractivity contribution in [2.45, 2.75) is 177 Å². The number of nitrogens with two attached hydrogens (primary N) is 2. The first-order valence-electron chi connectivity index (χ1n) is 18.7. The Kier molecular flexibility index (Phi) is 13.2. The van der Waals surface area contributed by atoms with Gasteiger partial charge in [0.25, 0.3) is 0 Å². The van der Waals surface area contributed by atoms with Gasteiger partial charge in [-0.15, -0.1) is 0 Å². The molecule has 0 aromatic heterocycles. The van der Waals surface area contributed by atoms with E-state index >= 15 is 0 Å². The number of quaternary nitrogens is 1. The lowest BCUT2D eigenvalue weighted by Crippen LogP contribution is -2.95. The molecular weight excluding hydrogens is 572 g/mol. The number of methoxy groups -OCH3 is 1. The number of ether oxygens (including phenoxy) is 2. The van der Waals surface area contributed by atoms with Gasteiger partial charge in [-0.3, -0.25) is 10.5 Å². The van der Waals surface area contributed by atoms with E-state index in [2.05, 4.69) is 5.32 Å². The number of hydrogen-bond acceptors (Lipinski definition) is 8. The summed E-state index contributed by atoms with van der Waals surface area (Å²) in [6.45, 7) is 0.970. The van der Waals surface area contributed by atoms with Crippen LogP contribution in [-0.4, -0.2) is 88.8 Å². The van der Waals surface area contributed by atoms with Gasteiger partial charge in [-0.1, -0.05) is 32.1 Å². The fraction of sp³-hybridized carbons (Fsp3) is 0.972. The molecule has 4 saturated carbocycles. The molecule has 8 N–H and O–H groups in total. The molecule has 45 heavy (non-hydrogen) atoms. The average Bonchev–Trinajstić information content (AvgIpc) is 3.53. The molecule has 1 aliphatic heterocycles. The summed E-state index contributed by atoms with van der Waals surface area (Å²) >= 11 is 0. The Morgan fingerprint density at radius 1 is 0.867 bits per heavy atom. The minimum atomic E-state index is -0.874. The second-order valence-electron chi connectivity index (χ2n) is 15.8. The highest BCUT2D eigenvalue weighted by Crippen LogP contribution is 2.55. The lowest BCUT2D eigenvalue weighted by molar-refractivity contribution is -0.700. The smallest absolute Gasteiger partial charge is 0.139 e. The monoisotopic (exact) mass is 637 g/mol. The van der Waals surface area contributed by atoms with Crippen molar-refractivity contribution in [3.63, 3.8) is 0 Å². The number of carbonyl (C=O) groups is 1. The van der Waals surface area contributed by atoms with E-state index in [9.17, 15) is 25.2 Å². The van der Waals surface area contributed by atoms with Gasteiger partial charge in [0.15, 0.2) is 0 Å². The zero-order valence-corrected chi connectivity index (χ0v) is 27.9. The van der Waals surface area contributed by atoms with Crippen LogP contribution in [0.2, 0.25) is 0 Å². The Morgan fingerprint density at radius 3 is 2.31 bits per heavy atom. The molecule has 4 aliphatic carbocycles. The summed E-state index contributed by atoms with van der Waals surface area (Å²) in [5.41, 5.74) is 6.25. The van der Waals surface area contributed by atoms with Gasteiger partial charge in [0.2, 0.25) is 0 Å². The minimum absolute atomic E-state index is 0.0463. The number of carbonyl (C=O) groups excluding carboxylic acids is 1. The predicted molar refractivity (Wildman–Crippen MR) is 172 cm³/mol. The number of rotatable bonds is 13. The van der Waals surface area contributed by atoms with Gasteiger partial charge in [0.1, 0.15) is 18.1 Å². The van der Waals surface area contributed by atoms with Crippen LogP contribution in [-0.2, 0) is 14.3 Å². The third-order valence-corrected chi connectivity index (χ3v) is 12.9. The van der Waals surface area contributed by atoms with Gasteiger partial charge in [-0.05, 0) is 100 Å². The van der Waals surface area contributed by atoms with E-state index < -0.39 is 30.3 Å². The van der Waals surface area contributed by atoms with Crippen LogP contribution < -0.4 is 11.1 Å². The van der Waals surface area contributed by atoms with Gasteiger partial charge in [0, 0.05) is 32.3 Å². The van der Waals surface area contributed by atoms with E-state index in [4.69, 9.17) is 15.2 Å². The van der Waals surface area contributed by atoms with Gasteiger partial charge in [0.05, 0.1) is 43.2 Å². The Labute approximate surface area is 271 Å². The molecule has 260 valence electrons. The molecule has 5 fully saturated rings. The largest absolute Gasteiger partial charge is 0.392 e. The SMILES string of the molecule is COC1CC(CC[C@@H](O)[C@H](C(=O)CCC2CC(O)C(O)C(OC3CCCCC3)C2)C2(C3CC[NH2+]C(N)C3)CCCC2)CCC1O. The van der Waals surface area contributed by atoms with E-state index in [0.29, 0.717) is 43.9 Å². The van der Waals surface area contributed by atoms with Crippen LogP contribution in [0.1, 0.15) is 128 Å². The molecule has 0 aromatic carbocycles. The molecule has 5 aliphatic rings. The zero-order chi connectivity index (χ0) is 32.0. The first kappa shape index (κ1) is 35.7. The van der Waals surface area contributed by atoms with Crippen LogP contribution in [0.15, 0.2) is 0 Å². The van der Waals surface area contributed by atoms with Crippen molar-refractivity contribution in [1.82, 2.24) is 0 Å². The van der Waals surface area contributed by atoms with Crippen molar-refractivity contribution in [3.05, 3.63) is 0 Å². The summed E-state index contributed by atoms with van der Waals surface area (Å²) in [7, 11) is 1.66. The highest BCUT2D eigenvalue weighted by molar-refractivity contribution is 5.82. The van der Waals surface area contributed by atoms with Crippen LogP contribution in [0.3, 0.4) is 0 Å². The summed E-state index contributed by atoms with van der Waals surface area (Å²) < 4.78 is 11.9. The summed E-state index contributed by atoms with van der Waals surface area (Å²) in [6.07, 6.45) is 14.5.